The summed E-state index contributed by atoms with van der Waals surface area (Å²) < 4.78 is 17.7. The molecule has 1 aromatic rings. The number of carbonyl (C=O) groups excluding carboxylic acids is 1. The van der Waals surface area contributed by atoms with Gasteiger partial charge in [-0.15, -0.1) is 0 Å². The van der Waals surface area contributed by atoms with Crippen LogP contribution in [-0.2, 0) is 18.8 Å². The van der Waals surface area contributed by atoms with Gasteiger partial charge in [0.1, 0.15) is 23.9 Å². The van der Waals surface area contributed by atoms with Crippen molar-refractivity contribution in [3.8, 4) is 0 Å². The zero-order chi connectivity index (χ0) is 21.1. The lowest BCUT2D eigenvalue weighted by atomic mass is 9.96. The molecule has 6 atom stereocenters. The highest BCUT2D eigenvalue weighted by molar-refractivity contribution is 7.71. The number of aromatic nitrogens is 2. The van der Waals surface area contributed by atoms with Crippen LogP contribution in [0.2, 0.25) is 0 Å². The van der Waals surface area contributed by atoms with E-state index in [1.165, 1.54) is 23.8 Å². The molecule has 28 heavy (non-hydrogen) atoms. The van der Waals surface area contributed by atoms with Crippen LogP contribution in [0.25, 0.3) is 0 Å². The first-order valence-corrected chi connectivity index (χ1v) is 10.1. The van der Waals surface area contributed by atoms with Crippen molar-refractivity contribution in [3.63, 3.8) is 0 Å². The number of nitrogens with one attached hydrogen (secondary N) is 2. The van der Waals surface area contributed by atoms with Crippen molar-refractivity contribution in [1.29, 1.82) is 0 Å². The smallest absolute Gasteiger partial charge is 0.323 e. The molecule has 0 amide bonds. The Bertz CT molecular complexity index is 797. The number of aliphatic hydroxyl groups is 2. The van der Waals surface area contributed by atoms with Crippen LogP contribution in [0.1, 0.15) is 33.9 Å². The Balaban J connectivity index is 1.92. The van der Waals surface area contributed by atoms with Gasteiger partial charge in [0, 0.05) is 12.3 Å². The highest BCUT2D eigenvalue weighted by Gasteiger charge is 2.53. The zero-order valence-corrected chi connectivity index (χ0v) is 17.9. The van der Waals surface area contributed by atoms with Gasteiger partial charge in [-0.3, -0.25) is 24.2 Å². The molecule has 1 aliphatic rings. The average Bonchev–Trinajstić information content (AvgIpc) is 2.81. The Morgan fingerprint density at radius 1 is 1.54 bits per heavy atom. The lowest BCUT2D eigenvalue weighted by molar-refractivity contribution is -0.148. The first kappa shape index (κ1) is 23.1. The number of ether oxygens (including phenoxy) is 2. The molecule has 12 heteroatoms. The van der Waals surface area contributed by atoms with Crippen molar-refractivity contribution in [2.75, 3.05) is 6.61 Å². The van der Waals surface area contributed by atoms with Gasteiger partial charge in [0.2, 0.25) is 0 Å². The van der Waals surface area contributed by atoms with E-state index in [0.717, 1.165) is 0 Å². The molecule has 158 valence electrons. The number of aromatic amines is 1. The van der Waals surface area contributed by atoms with Gasteiger partial charge in [0.05, 0.1) is 21.7 Å². The second-order valence-corrected chi connectivity index (χ2v) is 8.15. The number of carbonyl (C=O) groups is 1. The zero-order valence-electron chi connectivity index (χ0n) is 16.0. The van der Waals surface area contributed by atoms with E-state index in [1.54, 1.807) is 20.8 Å². The van der Waals surface area contributed by atoms with E-state index in [1.807, 2.05) is 0 Å². The van der Waals surface area contributed by atoms with Gasteiger partial charge in [0.25, 0.3) is 5.56 Å². The number of aliphatic hydroxyl groups excluding tert-OH is 1. The predicted molar refractivity (Wildman–Crippen MR) is 105 cm³/mol. The monoisotopic (exact) mass is 435 g/mol. The lowest BCUT2D eigenvalue weighted by Gasteiger charge is -2.27. The summed E-state index contributed by atoms with van der Waals surface area (Å²) in [6.07, 6.45) is -1.90. The molecule has 2 rings (SSSR count). The second kappa shape index (κ2) is 9.53. The Morgan fingerprint density at radius 2 is 2.21 bits per heavy atom. The van der Waals surface area contributed by atoms with Crippen LogP contribution in [0, 0.1) is 4.77 Å². The summed E-state index contributed by atoms with van der Waals surface area (Å²) in [6, 6.07) is 0.694. The highest BCUT2D eigenvalue weighted by atomic mass is 32.1. The Labute approximate surface area is 169 Å². The largest absolute Gasteiger partial charge is 0.462 e. The predicted octanol–water partition coefficient (Wildman–Crippen LogP) is 0.370. The molecule has 0 aromatic carbocycles. The van der Waals surface area contributed by atoms with E-state index in [0.29, 0.717) is 0 Å². The summed E-state index contributed by atoms with van der Waals surface area (Å²) in [6.45, 7) is 6.57. The molecule has 1 aliphatic heterocycles. The van der Waals surface area contributed by atoms with Crippen molar-refractivity contribution in [3.05, 3.63) is 27.4 Å². The minimum atomic E-state index is -1.66. The van der Waals surface area contributed by atoms with Gasteiger partial charge < -0.3 is 24.2 Å². The molecule has 2 heterocycles. The summed E-state index contributed by atoms with van der Waals surface area (Å²) in [4.78, 5) is 25.5. The van der Waals surface area contributed by atoms with Crippen molar-refractivity contribution in [1.82, 2.24) is 14.6 Å². The molecule has 1 saturated heterocycles. The number of esters is 1. The fourth-order valence-electron chi connectivity index (χ4n) is 2.64. The summed E-state index contributed by atoms with van der Waals surface area (Å²) in [5.41, 5.74) is -2.04. The molecule has 1 aromatic heterocycles. The van der Waals surface area contributed by atoms with Crippen molar-refractivity contribution in [2.45, 2.75) is 63.9 Å². The maximum absolute atomic E-state index is 11.7. The van der Waals surface area contributed by atoms with Crippen molar-refractivity contribution >= 4 is 27.1 Å². The van der Waals surface area contributed by atoms with Gasteiger partial charge >= 0.3 is 5.97 Å². The summed E-state index contributed by atoms with van der Waals surface area (Å²) in [7, 11) is -0.244. The van der Waals surface area contributed by atoms with E-state index in [4.69, 9.17) is 26.2 Å². The van der Waals surface area contributed by atoms with E-state index >= 15 is 0 Å². The quantitative estimate of drug-likeness (QED) is 0.198. The lowest BCUT2D eigenvalue weighted by Crippen LogP contribution is -2.44. The molecule has 0 spiro atoms. The second-order valence-electron chi connectivity index (χ2n) is 6.98. The number of hydrogen-bond acceptors (Lipinski definition) is 9. The molecule has 4 N–H and O–H groups in total. The molecule has 10 nitrogen and oxygen atoms in total. The molecule has 0 radical (unpaired) electrons. The fourth-order valence-corrected chi connectivity index (χ4v) is 3.52. The van der Waals surface area contributed by atoms with E-state index < -0.39 is 36.0 Å². The number of hydrogen-bond donors (Lipinski definition) is 4. The van der Waals surface area contributed by atoms with Gasteiger partial charge in [-0.25, -0.2) is 0 Å². The standard InChI is InChI=1S/C16H26N3O7PS/c1-8(2)25-13(22)9(3)18-27-24-7-10-12(21)16(4,23)14(26-10)19-6-5-11(20)17-15(19)28/h5-6,8-10,12,14,18,21,23,27H,7H2,1-4H3,(H,17,20,28)/t9?,10?,12-,14?,16?/m0/s1. The Morgan fingerprint density at radius 3 is 2.82 bits per heavy atom. The molecule has 0 saturated carbocycles. The maximum Gasteiger partial charge on any atom is 0.323 e. The molecular formula is C16H26N3O7PS. The van der Waals surface area contributed by atoms with Gasteiger partial charge in [-0.2, -0.15) is 0 Å². The Kier molecular flexibility index (Phi) is 7.86. The normalized spacial score (nSPS) is 28.9. The highest BCUT2D eigenvalue weighted by Crippen LogP contribution is 2.38. The number of rotatable bonds is 8. The SMILES string of the molecule is CC(C)OC(=O)C(C)NPOCC1OC(n2ccc(=O)[nH]c2=S)C(C)(O)[C@H]1O. The van der Waals surface area contributed by atoms with E-state index in [2.05, 4.69) is 10.1 Å². The van der Waals surface area contributed by atoms with Crippen molar-refractivity contribution < 1.29 is 29.0 Å². The first-order valence-electron chi connectivity index (χ1n) is 8.74. The molecule has 0 bridgehead atoms. The molecular weight excluding hydrogens is 409 g/mol. The third-order valence-corrected chi connectivity index (χ3v) is 5.33. The van der Waals surface area contributed by atoms with Crippen LogP contribution in [0.3, 0.4) is 0 Å². The van der Waals surface area contributed by atoms with Crippen LogP contribution in [0.15, 0.2) is 17.1 Å². The van der Waals surface area contributed by atoms with E-state index in [9.17, 15) is 19.8 Å². The minimum Gasteiger partial charge on any atom is -0.462 e. The molecule has 1 fully saturated rings. The first-order chi connectivity index (χ1) is 13.0. The van der Waals surface area contributed by atoms with Crippen LogP contribution >= 0.6 is 21.2 Å². The molecule has 5 unspecified atom stereocenters. The van der Waals surface area contributed by atoms with Crippen LogP contribution in [0.4, 0.5) is 0 Å². The third kappa shape index (κ3) is 5.44. The number of H-pyrrole nitrogens is 1. The van der Waals surface area contributed by atoms with Crippen LogP contribution in [0.5, 0.6) is 0 Å². The third-order valence-electron chi connectivity index (χ3n) is 4.16. The van der Waals surface area contributed by atoms with Gasteiger partial charge in [-0.05, 0) is 39.9 Å². The van der Waals surface area contributed by atoms with Crippen LogP contribution < -0.4 is 10.6 Å². The number of nitrogens with zero attached hydrogens (tertiary/aromatic N) is 1. The van der Waals surface area contributed by atoms with Gasteiger partial charge in [-0.1, -0.05) is 0 Å². The van der Waals surface area contributed by atoms with Crippen molar-refractivity contribution in [2.24, 2.45) is 0 Å². The molecule has 0 aliphatic carbocycles. The maximum atomic E-state index is 11.7. The summed E-state index contributed by atoms with van der Waals surface area (Å²) in [5, 5.41) is 24.0. The topological polar surface area (TPSA) is 135 Å². The van der Waals surface area contributed by atoms with Crippen LogP contribution in [-0.4, -0.2) is 62.3 Å². The minimum absolute atomic E-state index is 0.0259. The average molecular weight is 435 g/mol. The van der Waals surface area contributed by atoms with Gasteiger partial charge in [0.15, 0.2) is 11.0 Å². The summed E-state index contributed by atoms with van der Waals surface area (Å²) >= 11 is 5.10. The Hall–Kier alpha value is -1.20. The fraction of sp³-hybridized carbons (Fsp3) is 0.688. The summed E-state index contributed by atoms with van der Waals surface area (Å²) in [5.74, 6) is -0.390. The van der Waals surface area contributed by atoms with E-state index in [-0.39, 0.29) is 32.0 Å².